The van der Waals surface area contributed by atoms with E-state index < -0.39 is 6.10 Å². The molecular weight excluding hydrogens is 200 g/mol. The maximum atomic E-state index is 10.3. The molecule has 1 saturated carbocycles. The van der Waals surface area contributed by atoms with Crippen molar-refractivity contribution in [2.24, 2.45) is 5.92 Å². The number of hydrogen-bond acceptors (Lipinski definition) is 3. The predicted molar refractivity (Wildman–Crippen MR) is 62.8 cm³/mol. The van der Waals surface area contributed by atoms with Gasteiger partial charge in [-0.3, -0.25) is 9.97 Å². The highest BCUT2D eigenvalue weighted by molar-refractivity contribution is 5.00. The maximum Gasteiger partial charge on any atom is 0.100 e. The Hall–Kier alpha value is -0.960. The highest BCUT2D eigenvalue weighted by atomic mass is 16.3. The standard InChI is InChI=1S/C13H20N2O/c16-13(12-10-14-8-9-15-12)11-6-4-2-1-3-5-7-11/h8-11,13,16H,1-7H2. The molecule has 2 rings (SSSR count). The fourth-order valence-electron chi connectivity index (χ4n) is 2.51. The molecule has 1 heterocycles. The first-order valence-electron chi connectivity index (χ1n) is 6.32. The molecule has 88 valence electrons. The molecule has 16 heavy (non-hydrogen) atoms. The zero-order chi connectivity index (χ0) is 11.2. The van der Waals surface area contributed by atoms with Gasteiger partial charge in [-0.1, -0.05) is 32.1 Å². The van der Waals surface area contributed by atoms with Crippen molar-refractivity contribution in [1.82, 2.24) is 9.97 Å². The van der Waals surface area contributed by atoms with E-state index >= 15 is 0 Å². The average Bonchev–Trinajstić information content (AvgIpc) is 2.29. The Labute approximate surface area is 96.9 Å². The third kappa shape index (κ3) is 3.01. The Morgan fingerprint density at radius 3 is 2.38 bits per heavy atom. The van der Waals surface area contributed by atoms with Crippen LogP contribution in [0.3, 0.4) is 0 Å². The molecule has 0 amide bonds. The lowest BCUT2D eigenvalue weighted by molar-refractivity contribution is 0.0871. The van der Waals surface area contributed by atoms with Crippen molar-refractivity contribution >= 4 is 0 Å². The molecule has 3 heteroatoms. The number of nitrogens with zero attached hydrogens (tertiary/aromatic N) is 2. The molecule has 1 atom stereocenters. The molecule has 0 saturated heterocycles. The molecule has 1 aliphatic rings. The van der Waals surface area contributed by atoms with Crippen molar-refractivity contribution in [2.45, 2.75) is 51.0 Å². The van der Waals surface area contributed by atoms with Crippen molar-refractivity contribution in [2.75, 3.05) is 0 Å². The molecule has 1 aromatic rings. The van der Waals surface area contributed by atoms with Crippen molar-refractivity contribution in [3.63, 3.8) is 0 Å². The zero-order valence-electron chi connectivity index (χ0n) is 9.68. The van der Waals surface area contributed by atoms with Gasteiger partial charge in [0.1, 0.15) is 6.10 Å². The van der Waals surface area contributed by atoms with E-state index in [-0.39, 0.29) is 0 Å². The van der Waals surface area contributed by atoms with Crippen LogP contribution in [-0.4, -0.2) is 15.1 Å². The van der Waals surface area contributed by atoms with Crippen molar-refractivity contribution in [3.05, 3.63) is 24.3 Å². The molecule has 1 aliphatic carbocycles. The summed E-state index contributed by atoms with van der Waals surface area (Å²) in [7, 11) is 0. The van der Waals surface area contributed by atoms with Gasteiger partial charge < -0.3 is 5.11 Å². The first-order valence-corrected chi connectivity index (χ1v) is 6.32. The highest BCUT2D eigenvalue weighted by Gasteiger charge is 2.22. The lowest BCUT2D eigenvalue weighted by Crippen LogP contribution is -2.15. The van der Waals surface area contributed by atoms with E-state index in [4.69, 9.17) is 0 Å². The van der Waals surface area contributed by atoms with Crippen molar-refractivity contribution in [3.8, 4) is 0 Å². The van der Waals surface area contributed by atoms with Crippen LogP contribution in [0.4, 0.5) is 0 Å². The fraction of sp³-hybridized carbons (Fsp3) is 0.692. The van der Waals surface area contributed by atoms with Crippen LogP contribution in [0.5, 0.6) is 0 Å². The number of aliphatic hydroxyl groups is 1. The molecule has 1 aromatic heterocycles. The zero-order valence-corrected chi connectivity index (χ0v) is 9.68. The van der Waals surface area contributed by atoms with Crippen molar-refractivity contribution in [1.29, 1.82) is 0 Å². The molecule has 0 radical (unpaired) electrons. The van der Waals surface area contributed by atoms with Gasteiger partial charge in [0.05, 0.1) is 11.9 Å². The third-order valence-corrected chi connectivity index (χ3v) is 3.48. The minimum atomic E-state index is -0.424. The summed E-state index contributed by atoms with van der Waals surface area (Å²) in [6.45, 7) is 0. The number of aromatic nitrogens is 2. The minimum Gasteiger partial charge on any atom is -0.386 e. The molecule has 1 N–H and O–H groups in total. The first kappa shape index (κ1) is 11.5. The van der Waals surface area contributed by atoms with Crippen LogP contribution in [0.1, 0.15) is 56.7 Å². The summed E-state index contributed by atoms with van der Waals surface area (Å²) in [4.78, 5) is 8.22. The second-order valence-corrected chi connectivity index (χ2v) is 4.68. The fourth-order valence-corrected chi connectivity index (χ4v) is 2.51. The Morgan fingerprint density at radius 2 is 1.75 bits per heavy atom. The number of aliphatic hydroxyl groups excluding tert-OH is 1. The van der Waals surface area contributed by atoms with E-state index in [1.54, 1.807) is 18.6 Å². The van der Waals surface area contributed by atoms with Gasteiger partial charge >= 0.3 is 0 Å². The molecule has 0 spiro atoms. The van der Waals surface area contributed by atoms with Gasteiger partial charge in [-0.15, -0.1) is 0 Å². The topological polar surface area (TPSA) is 46.0 Å². The second kappa shape index (κ2) is 5.94. The van der Waals surface area contributed by atoms with Gasteiger partial charge in [0.25, 0.3) is 0 Å². The molecule has 0 aliphatic heterocycles. The van der Waals surface area contributed by atoms with Gasteiger partial charge in [0.2, 0.25) is 0 Å². The summed E-state index contributed by atoms with van der Waals surface area (Å²) in [6.07, 6.45) is 13.3. The van der Waals surface area contributed by atoms with Crippen LogP contribution >= 0.6 is 0 Å². The molecule has 3 nitrogen and oxygen atoms in total. The second-order valence-electron chi connectivity index (χ2n) is 4.68. The van der Waals surface area contributed by atoms with Crippen LogP contribution in [0, 0.1) is 5.92 Å². The predicted octanol–water partition coefficient (Wildman–Crippen LogP) is 2.87. The van der Waals surface area contributed by atoms with E-state index in [1.807, 2.05) is 0 Å². The van der Waals surface area contributed by atoms with Crippen LogP contribution in [0.25, 0.3) is 0 Å². The quantitative estimate of drug-likeness (QED) is 0.833. The van der Waals surface area contributed by atoms with Gasteiger partial charge in [0.15, 0.2) is 0 Å². The Bertz CT molecular complexity index is 294. The van der Waals surface area contributed by atoms with E-state index in [9.17, 15) is 5.11 Å². The molecule has 1 fully saturated rings. The summed E-state index contributed by atoms with van der Waals surface area (Å²) in [5.74, 6) is 0.372. The largest absolute Gasteiger partial charge is 0.386 e. The monoisotopic (exact) mass is 220 g/mol. The molecule has 0 aromatic carbocycles. The Kier molecular flexibility index (Phi) is 4.28. The van der Waals surface area contributed by atoms with E-state index in [2.05, 4.69) is 9.97 Å². The summed E-state index contributed by atoms with van der Waals surface area (Å²) < 4.78 is 0. The highest BCUT2D eigenvalue weighted by Crippen LogP contribution is 2.31. The van der Waals surface area contributed by atoms with E-state index in [0.29, 0.717) is 5.92 Å². The van der Waals surface area contributed by atoms with Gasteiger partial charge in [-0.2, -0.15) is 0 Å². The van der Waals surface area contributed by atoms with Crippen LogP contribution in [0.2, 0.25) is 0 Å². The lowest BCUT2D eigenvalue weighted by atomic mass is 9.86. The third-order valence-electron chi connectivity index (χ3n) is 3.48. The molecule has 0 bridgehead atoms. The first-order chi connectivity index (χ1) is 7.88. The summed E-state index contributed by atoms with van der Waals surface area (Å²) in [5, 5.41) is 10.3. The van der Waals surface area contributed by atoms with Gasteiger partial charge in [-0.05, 0) is 18.8 Å². The van der Waals surface area contributed by atoms with Crippen molar-refractivity contribution < 1.29 is 5.11 Å². The lowest BCUT2D eigenvalue weighted by Gasteiger charge is -2.24. The van der Waals surface area contributed by atoms with Crippen LogP contribution in [0.15, 0.2) is 18.6 Å². The molecule has 1 unspecified atom stereocenters. The molecular formula is C13H20N2O. The number of hydrogen-bond donors (Lipinski definition) is 1. The van der Waals surface area contributed by atoms with Crippen LogP contribution in [-0.2, 0) is 0 Å². The average molecular weight is 220 g/mol. The minimum absolute atomic E-state index is 0.372. The Morgan fingerprint density at radius 1 is 1.06 bits per heavy atom. The summed E-state index contributed by atoms with van der Waals surface area (Å²) in [6, 6.07) is 0. The van der Waals surface area contributed by atoms with Gasteiger partial charge in [-0.25, -0.2) is 0 Å². The normalized spacial score (nSPS) is 21.1. The summed E-state index contributed by atoms with van der Waals surface area (Å²) in [5.41, 5.74) is 0.730. The van der Waals surface area contributed by atoms with Crippen LogP contribution < -0.4 is 0 Å². The maximum absolute atomic E-state index is 10.3. The van der Waals surface area contributed by atoms with E-state index in [1.165, 1.54) is 32.1 Å². The summed E-state index contributed by atoms with van der Waals surface area (Å²) >= 11 is 0. The Balaban J connectivity index is 1.99. The van der Waals surface area contributed by atoms with Gasteiger partial charge in [0, 0.05) is 12.4 Å². The van der Waals surface area contributed by atoms with E-state index in [0.717, 1.165) is 18.5 Å². The SMILES string of the molecule is OC(c1cnccn1)C1CCCCCCC1. The smallest absolute Gasteiger partial charge is 0.100 e. The number of rotatable bonds is 2.